The number of aliphatic hydroxyl groups is 1. The standard InChI is InChI=1S/C22H36O2.C20H30O2.C4H9.2CH4.K.H2O/c1-4-22(24)12-10-16-15(13-22)5-6-18-17(16)9-11-21(3)19(14(2)23)7-8-20(18)21;1-12(21)18-7-8-19-17-5-3-13-11-14(22)4-6-15(13)16(17)9-10-20(18,19)2;1-4(2)3;;;;/h15-20,24H,4-13H2,1-3H3;13,15-19H,3-11H2,1-2H3;1-3H3;2*1H4;;1H2/q;;-1;;;+1;/p-1/t15?,16-,17?,18?,19+,20?,21+,22+;13?,15-,16?,17?,18+,19?,20+;;;;;/m00...../s1. The van der Waals surface area contributed by atoms with Crippen LogP contribution in [0.15, 0.2) is 0 Å². The summed E-state index contributed by atoms with van der Waals surface area (Å²) in [6, 6.07) is 0. The summed E-state index contributed by atoms with van der Waals surface area (Å²) in [6.45, 7) is 16.9. The first-order chi connectivity index (χ1) is 23.6. The number of hydrogen-bond acceptors (Lipinski definition) is 5. The van der Waals surface area contributed by atoms with E-state index in [-0.39, 0.29) is 82.7 Å². The van der Waals surface area contributed by atoms with Gasteiger partial charge in [0.1, 0.15) is 17.3 Å². The average molecular weight is 780 g/mol. The van der Waals surface area contributed by atoms with Crippen LogP contribution in [0.2, 0.25) is 0 Å². The molecule has 54 heavy (non-hydrogen) atoms. The van der Waals surface area contributed by atoms with Gasteiger partial charge in [0, 0.05) is 24.7 Å². The summed E-state index contributed by atoms with van der Waals surface area (Å²) in [5.41, 5.74) is 0.202. The topological polar surface area (TPSA) is 101 Å². The van der Waals surface area contributed by atoms with Crippen molar-refractivity contribution in [2.45, 2.75) is 198 Å². The van der Waals surface area contributed by atoms with Gasteiger partial charge in [-0.25, -0.2) is 0 Å². The molecule has 6 heteroatoms. The minimum absolute atomic E-state index is 0. The number of carbonyl (C=O) groups excluding carboxylic acids is 3. The SMILES string of the molecule is C.C.CC(=O)[C@H]1CCC2C3CCC4CC(=O)CC[C@@H]4C3CC[C@@]21C.CC[C@@]1(O)CC[C@H]2C(CCC3C2CC[C@@]2(C)C3CC[C@@H]2C(C)=O)C1.C[C-](C)C.[K+].[OH-]. The quantitative estimate of drug-likeness (QED) is 0.228. The molecule has 8 aliphatic rings. The molecule has 0 heterocycles. The fraction of sp³-hybridized carbons (Fsp3) is 0.917. The number of Topliss-reactive ketones (excluding diaryl/α,β-unsaturated/α-hetero) is 3. The Labute approximate surface area is 376 Å². The third kappa shape index (κ3) is 9.78. The van der Waals surface area contributed by atoms with Gasteiger partial charge in [-0.15, -0.1) is 0 Å². The Kier molecular flexibility index (Phi) is 19.0. The van der Waals surface area contributed by atoms with Crippen LogP contribution in [-0.4, -0.2) is 33.5 Å². The van der Waals surface area contributed by atoms with Crippen molar-refractivity contribution in [2.75, 3.05) is 0 Å². The molecule has 5 nitrogen and oxygen atoms in total. The van der Waals surface area contributed by atoms with Crippen LogP contribution in [0.1, 0.15) is 192 Å². The molecule has 8 aliphatic carbocycles. The van der Waals surface area contributed by atoms with Crippen molar-refractivity contribution in [1.82, 2.24) is 0 Å². The maximum absolute atomic E-state index is 12.2. The van der Waals surface area contributed by atoms with Crippen LogP contribution in [-0.2, 0) is 14.4 Å². The smallest absolute Gasteiger partial charge is 0.870 e. The number of ketones is 3. The Morgan fingerprint density at radius 2 is 1.07 bits per heavy atom. The van der Waals surface area contributed by atoms with E-state index in [4.69, 9.17) is 0 Å². The summed E-state index contributed by atoms with van der Waals surface area (Å²) < 4.78 is 0. The van der Waals surface area contributed by atoms with E-state index in [9.17, 15) is 19.5 Å². The van der Waals surface area contributed by atoms with Crippen molar-refractivity contribution in [1.29, 1.82) is 0 Å². The summed E-state index contributed by atoms with van der Waals surface area (Å²) in [7, 11) is 0. The monoisotopic (exact) mass is 780 g/mol. The molecular formula is C48H84KO5-. The van der Waals surface area contributed by atoms with E-state index in [0.717, 1.165) is 105 Å². The Bertz CT molecular complexity index is 1250. The van der Waals surface area contributed by atoms with Crippen LogP contribution >= 0.6 is 0 Å². The minimum atomic E-state index is -0.371. The predicted molar refractivity (Wildman–Crippen MR) is 218 cm³/mol. The summed E-state index contributed by atoms with van der Waals surface area (Å²) in [5.74, 6) is 11.6. The molecule has 2 N–H and O–H groups in total. The fourth-order valence-corrected chi connectivity index (χ4v) is 15.3. The predicted octanol–water partition coefficient (Wildman–Crippen LogP) is 9.12. The van der Waals surface area contributed by atoms with Gasteiger partial charge < -0.3 is 16.5 Å². The molecule has 308 valence electrons. The molecule has 0 saturated heterocycles. The Morgan fingerprint density at radius 3 is 1.52 bits per heavy atom. The normalized spacial score (nSPS) is 45.3. The number of fused-ring (bicyclic) bond motifs is 10. The number of hydrogen-bond donors (Lipinski definition) is 1. The van der Waals surface area contributed by atoms with Gasteiger partial charge in [0.05, 0.1) is 5.60 Å². The van der Waals surface area contributed by atoms with E-state index in [0.29, 0.717) is 40.5 Å². The number of rotatable bonds is 3. The van der Waals surface area contributed by atoms with E-state index < -0.39 is 0 Å². The second-order valence-electron chi connectivity index (χ2n) is 20.5. The zero-order valence-electron chi connectivity index (χ0n) is 35.0. The molecule has 15 atom stereocenters. The Hall–Kier alpha value is 0.566. The van der Waals surface area contributed by atoms with Crippen LogP contribution in [0.3, 0.4) is 0 Å². The summed E-state index contributed by atoms with van der Waals surface area (Å²) >= 11 is 0. The molecule has 0 bridgehead atoms. The van der Waals surface area contributed by atoms with Crippen molar-refractivity contribution < 1.29 is 76.4 Å². The first-order valence-corrected chi connectivity index (χ1v) is 21.6. The molecule has 0 radical (unpaired) electrons. The van der Waals surface area contributed by atoms with Gasteiger partial charge in [-0.1, -0.05) is 35.6 Å². The van der Waals surface area contributed by atoms with E-state index in [1.165, 1.54) is 76.5 Å². The molecule has 8 saturated carbocycles. The maximum Gasteiger partial charge on any atom is 1.00 e. The van der Waals surface area contributed by atoms with Gasteiger partial charge in [-0.05, 0) is 193 Å². The van der Waals surface area contributed by atoms with Gasteiger partial charge in [0.2, 0.25) is 0 Å². The van der Waals surface area contributed by atoms with Gasteiger partial charge >= 0.3 is 51.4 Å². The van der Waals surface area contributed by atoms with E-state index in [1.54, 1.807) is 0 Å². The van der Waals surface area contributed by atoms with Crippen molar-refractivity contribution in [2.24, 2.45) is 81.8 Å². The zero-order chi connectivity index (χ0) is 36.2. The van der Waals surface area contributed by atoms with Crippen LogP contribution < -0.4 is 51.4 Å². The molecule has 8 unspecified atom stereocenters. The molecule has 0 spiro atoms. The van der Waals surface area contributed by atoms with Gasteiger partial charge in [-0.2, -0.15) is 20.8 Å². The molecule has 0 aromatic rings. The minimum Gasteiger partial charge on any atom is -0.870 e. The Balaban J connectivity index is 0.000000319. The van der Waals surface area contributed by atoms with Crippen molar-refractivity contribution in [3.8, 4) is 0 Å². The van der Waals surface area contributed by atoms with Crippen molar-refractivity contribution in [3.05, 3.63) is 5.92 Å². The van der Waals surface area contributed by atoms with Crippen molar-refractivity contribution in [3.63, 3.8) is 0 Å². The second-order valence-corrected chi connectivity index (χ2v) is 20.5. The molecule has 0 aromatic heterocycles. The molecular weight excluding hydrogens is 696 g/mol. The molecule has 8 fully saturated rings. The summed E-state index contributed by atoms with van der Waals surface area (Å²) in [5, 5.41) is 10.8. The third-order valence-electron chi connectivity index (χ3n) is 17.5. The summed E-state index contributed by atoms with van der Waals surface area (Å²) in [4.78, 5) is 36.1. The second kappa shape index (κ2) is 20.2. The van der Waals surface area contributed by atoms with Gasteiger partial charge in [0.15, 0.2) is 0 Å². The first-order valence-electron chi connectivity index (χ1n) is 21.6. The third-order valence-corrected chi connectivity index (χ3v) is 17.5. The van der Waals surface area contributed by atoms with E-state index in [1.807, 2.05) is 13.8 Å². The average Bonchev–Trinajstić information content (AvgIpc) is 3.61. The molecule has 8 rings (SSSR count). The first kappa shape index (κ1) is 50.7. The number of carbonyl (C=O) groups is 3. The molecule has 0 aliphatic heterocycles. The zero-order valence-corrected chi connectivity index (χ0v) is 38.1. The molecule has 0 aromatic carbocycles. The van der Waals surface area contributed by atoms with E-state index >= 15 is 0 Å². The largest absolute Gasteiger partial charge is 1.00 e. The molecule has 0 amide bonds. The van der Waals surface area contributed by atoms with Gasteiger partial charge in [0.25, 0.3) is 0 Å². The van der Waals surface area contributed by atoms with Crippen LogP contribution in [0.25, 0.3) is 0 Å². The Morgan fingerprint density at radius 1 is 0.648 bits per heavy atom. The van der Waals surface area contributed by atoms with E-state index in [2.05, 4.69) is 41.5 Å². The van der Waals surface area contributed by atoms with Crippen LogP contribution in [0, 0.1) is 87.8 Å². The van der Waals surface area contributed by atoms with Gasteiger partial charge in [-0.3, -0.25) is 14.4 Å². The van der Waals surface area contributed by atoms with Crippen LogP contribution in [0.5, 0.6) is 0 Å². The van der Waals surface area contributed by atoms with Crippen LogP contribution in [0.4, 0.5) is 0 Å². The fourth-order valence-electron chi connectivity index (χ4n) is 15.3. The van der Waals surface area contributed by atoms with Crippen molar-refractivity contribution >= 4 is 17.3 Å². The summed E-state index contributed by atoms with van der Waals surface area (Å²) in [6.07, 6.45) is 22.4. The maximum atomic E-state index is 12.2.